The van der Waals surface area contributed by atoms with Crippen molar-refractivity contribution in [2.24, 2.45) is 0 Å². The molecular weight excluding hydrogens is 575 g/mol. The summed E-state index contributed by atoms with van der Waals surface area (Å²) in [4.78, 5) is -1.78. The summed E-state index contributed by atoms with van der Waals surface area (Å²) in [6, 6.07) is 2.69. The van der Waals surface area contributed by atoms with Gasteiger partial charge in [-0.3, -0.25) is 0 Å². The SMILES string of the molecule is O=S(=O)(c1cc(Br)cc(Br)c1-c1cc(F)ccc1F)C(F)(F)C(F)(F)C(F)(F)F. The van der Waals surface area contributed by atoms with Crippen LogP contribution in [0.15, 0.2) is 44.2 Å². The molecule has 0 aliphatic rings. The van der Waals surface area contributed by atoms with Crippen LogP contribution in [-0.4, -0.2) is 25.8 Å². The minimum atomic E-state index is -6.98. The molecule has 2 nitrogen and oxygen atoms in total. The fourth-order valence-corrected chi connectivity index (χ4v) is 5.41. The summed E-state index contributed by atoms with van der Waals surface area (Å²) in [6.45, 7) is 0. The molecule has 0 N–H and O–H groups in total. The van der Waals surface area contributed by atoms with E-state index < -0.39 is 59.3 Å². The van der Waals surface area contributed by atoms with Gasteiger partial charge in [-0.25, -0.2) is 17.2 Å². The normalized spacial score (nSPS) is 13.6. The van der Waals surface area contributed by atoms with Crippen LogP contribution in [0.4, 0.5) is 39.5 Å². The summed E-state index contributed by atoms with van der Waals surface area (Å²) in [7, 11) is -6.79. The molecule has 2 aromatic rings. The quantitative estimate of drug-likeness (QED) is 0.377. The largest absolute Gasteiger partial charge is 0.461 e. The number of hydrogen-bond acceptors (Lipinski definition) is 2. The van der Waals surface area contributed by atoms with E-state index in [0.717, 1.165) is 6.07 Å². The Hall–Kier alpha value is -1.28. The number of sulfone groups is 1. The van der Waals surface area contributed by atoms with Gasteiger partial charge in [-0.15, -0.1) is 0 Å². The molecule has 0 spiro atoms. The Balaban J connectivity index is 2.93. The maximum atomic E-state index is 14.1. The molecule has 0 aromatic heterocycles. The molecule has 0 saturated heterocycles. The summed E-state index contributed by atoms with van der Waals surface area (Å²) in [5.41, 5.74) is -2.03. The second kappa shape index (κ2) is 7.45. The average molecular weight is 580 g/mol. The highest BCUT2D eigenvalue weighted by molar-refractivity contribution is 9.11. The molecule has 2 aromatic carbocycles. The zero-order valence-corrected chi connectivity index (χ0v) is 17.3. The molecule has 0 radical (unpaired) electrons. The van der Waals surface area contributed by atoms with Crippen LogP contribution < -0.4 is 0 Å². The molecule has 0 saturated carbocycles. The number of benzene rings is 2. The molecule has 0 heterocycles. The lowest BCUT2D eigenvalue weighted by Gasteiger charge is -2.28. The van der Waals surface area contributed by atoms with Crippen LogP contribution in [0, 0.1) is 11.6 Å². The molecule has 0 aliphatic carbocycles. The Kier molecular flexibility index (Phi) is 6.16. The molecule has 0 aliphatic heterocycles. The van der Waals surface area contributed by atoms with E-state index in [1.807, 2.05) is 0 Å². The van der Waals surface area contributed by atoms with E-state index in [2.05, 4.69) is 31.9 Å². The first-order chi connectivity index (χ1) is 12.9. The molecule has 0 bridgehead atoms. The first-order valence-electron chi connectivity index (χ1n) is 6.96. The predicted octanol–water partition coefficient (Wildman–Crippen LogP) is 6.72. The summed E-state index contributed by atoms with van der Waals surface area (Å²) < 4.78 is 143. The van der Waals surface area contributed by atoms with Gasteiger partial charge in [0.1, 0.15) is 11.6 Å². The highest BCUT2D eigenvalue weighted by Crippen LogP contribution is 2.52. The van der Waals surface area contributed by atoms with Crippen LogP contribution in [0.2, 0.25) is 0 Å². The number of hydrogen-bond donors (Lipinski definition) is 0. The van der Waals surface area contributed by atoms with E-state index >= 15 is 0 Å². The fraction of sp³-hybridized carbons (Fsp3) is 0.200. The number of alkyl halides is 7. The van der Waals surface area contributed by atoms with E-state index in [0.29, 0.717) is 18.2 Å². The number of halogens is 11. The highest BCUT2D eigenvalue weighted by atomic mass is 79.9. The van der Waals surface area contributed by atoms with Gasteiger partial charge in [-0.1, -0.05) is 31.9 Å². The van der Waals surface area contributed by atoms with Crippen molar-refractivity contribution < 1.29 is 47.9 Å². The second-order valence-electron chi connectivity index (χ2n) is 5.48. The van der Waals surface area contributed by atoms with Gasteiger partial charge in [0.2, 0.25) is 0 Å². The molecule has 2 rings (SSSR count). The van der Waals surface area contributed by atoms with Crippen molar-refractivity contribution in [3.05, 3.63) is 50.9 Å². The van der Waals surface area contributed by atoms with Crippen molar-refractivity contribution in [2.75, 3.05) is 0 Å². The van der Waals surface area contributed by atoms with Gasteiger partial charge in [0.15, 0.2) is 0 Å². The molecule has 0 atom stereocenters. The fourth-order valence-electron chi connectivity index (χ4n) is 2.18. The van der Waals surface area contributed by atoms with E-state index in [1.54, 1.807) is 0 Å². The third-order valence-corrected chi connectivity index (χ3v) is 6.48. The van der Waals surface area contributed by atoms with Crippen LogP contribution in [0.1, 0.15) is 0 Å². The maximum Gasteiger partial charge on any atom is 0.461 e. The standard InChI is InChI=1S/C15H5Br2F9O2S/c16-6-3-9(17)12(8-5-7(18)1-2-10(8)19)11(4-6)29(27,28)15(25,26)13(20,21)14(22,23)24/h1-5H. The van der Waals surface area contributed by atoms with E-state index in [-0.39, 0.29) is 10.5 Å². The van der Waals surface area contributed by atoms with Crippen molar-refractivity contribution in [1.82, 2.24) is 0 Å². The zero-order chi connectivity index (χ0) is 22.6. The van der Waals surface area contributed by atoms with Crippen LogP contribution in [-0.2, 0) is 9.84 Å². The molecule has 0 fully saturated rings. The Morgan fingerprint density at radius 3 is 1.90 bits per heavy atom. The predicted molar refractivity (Wildman–Crippen MR) is 90.3 cm³/mol. The Labute approximate surface area is 173 Å². The summed E-state index contributed by atoms with van der Waals surface area (Å²) in [5.74, 6) is -9.49. The summed E-state index contributed by atoms with van der Waals surface area (Å²) in [6.07, 6.45) is -6.92. The van der Waals surface area contributed by atoms with Gasteiger partial charge in [0.05, 0.1) is 4.90 Å². The molecule has 14 heteroatoms. The highest BCUT2D eigenvalue weighted by Gasteiger charge is 2.78. The monoisotopic (exact) mass is 578 g/mol. The lowest BCUT2D eigenvalue weighted by molar-refractivity contribution is -0.332. The minimum absolute atomic E-state index is 0.278. The Morgan fingerprint density at radius 1 is 0.828 bits per heavy atom. The van der Waals surface area contributed by atoms with Crippen LogP contribution >= 0.6 is 31.9 Å². The van der Waals surface area contributed by atoms with Gasteiger partial charge in [0, 0.05) is 20.1 Å². The van der Waals surface area contributed by atoms with Crippen molar-refractivity contribution in [3.63, 3.8) is 0 Å². The molecule has 29 heavy (non-hydrogen) atoms. The van der Waals surface area contributed by atoms with Crippen molar-refractivity contribution in [1.29, 1.82) is 0 Å². The average Bonchev–Trinajstić information content (AvgIpc) is 2.55. The minimum Gasteiger partial charge on any atom is -0.217 e. The molecule has 0 amide bonds. The second-order valence-corrected chi connectivity index (χ2v) is 9.21. The number of rotatable bonds is 4. The van der Waals surface area contributed by atoms with Gasteiger partial charge < -0.3 is 0 Å². The Morgan fingerprint density at radius 2 is 1.38 bits per heavy atom. The first kappa shape index (κ1) is 24.0. The smallest absolute Gasteiger partial charge is 0.217 e. The summed E-state index contributed by atoms with van der Waals surface area (Å²) >= 11 is 5.39. The van der Waals surface area contributed by atoms with E-state index in [4.69, 9.17) is 0 Å². The lowest BCUT2D eigenvalue weighted by Crippen LogP contribution is -2.56. The van der Waals surface area contributed by atoms with E-state index in [9.17, 15) is 47.9 Å². The van der Waals surface area contributed by atoms with E-state index in [1.165, 1.54) is 0 Å². The molecular formula is C15H5Br2F9O2S. The van der Waals surface area contributed by atoms with Crippen molar-refractivity contribution in [3.8, 4) is 11.1 Å². The van der Waals surface area contributed by atoms with Crippen LogP contribution in [0.25, 0.3) is 11.1 Å². The topological polar surface area (TPSA) is 34.1 Å². The van der Waals surface area contributed by atoms with Crippen LogP contribution in [0.5, 0.6) is 0 Å². The lowest BCUT2D eigenvalue weighted by atomic mass is 10.0. The van der Waals surface area contributed by atoms with Gasteiger partial charge in [-0.2, -0.15) is 30.7 Å². The van der Waals surface area contributed by atoms with Gasteiger partial charge in [0.25, 0.3) is 9.84 Å². The summed E-state index contributed by atoms with van der Waals surface area (Å²) in [5, 5.41) is -6.67. The molecule has 0 unspecified atom stereocenters. The van der Waals surface area contributed by atoms with Crippen molar-refractivity contribution in [2.45, 2.75) is 22.2 Å². The third kappa shape index (κ3) is 3.90. The van der Waals surface area contributed by atoms with Gasteiger partial charge in [-0.05, 0) is 30.3 Å². The Bertz CT molecular complexity index is 1070. The molecule has 160 valence electrons. The maximum absolute atomic E-state index is 14.1. The zero-order valence-electron chi connectivity index (χ0n) is 13.3. The van der Waals surface area contributed by atoms with Crippen LogP contribution in [0.3, 0.4) is 0 Å². The third-order valence-electron chi connectivity index (χ3n) is 3.57. The first-order valence-corrected chi connectivity index (χ1v) is 10.0. The van der Waals surface area contributed by atoms with Gasteiger partial charge >= 0.3 is 17.4 Å². The van der Waals surface area contributed by atoms with Crippen molar-refractivity contribution >= 4 is 41.7 Å².